The molecule has 6 nitrogen and oxygen atoms in total. The lowest BCUT2D eigenvalue weighted by molar-refractivity contribution is -0.122. The Kier molecular flexibility index (Phi) is 8.44. The fourth-order valence-corrected chi connectivity index (χ4v) is 5.71. The third kappa shape index (κ3) is 6.61. The van der Waals surface area contributed by atoms with E-state index in [1.54, 1.807) is 6.92 Å². The summed E-state index contributed by atoms with van der Waals surface area (Å²) in [6.45, 7) is 5.31. The third-order valence-electron chi connectivity index (χ3n) is 5.53. The number of hydrogen-bond acceptors (Lipinski definition) is 4. The molecule has 0 aliphatic carbocycles. The van der Waals surface area contributed by atoms with Crippen molar-refractivity contribution in [1.29, 1.82) is 0 Å². The van der Waals surface area contributed by atoms with Crippen LogP contribution in [0.1, 0.15) is 37.3 Å². The highest BCUT2D eigenvalue weighted by Crippen LogP contribution is 2.29. The second-order valence-electron chi connectivity index (χ2n) is 8.13. The molecule has 174 valence electrons. The Morgan fingerprint density at radius 1 is 1.06 bits per heavy atom. The molecule has 0 spiro atoms. The van der Waals surface area contributed by atoms with Gasteiger partial charge in [0.05, 0.1) is 11.9 Å². The maximum atomic E-state index is 13.0. The van der Waals surface area contributed by atoms with Crippen LogP contribution in [0.15, 0.2) is 42.5 Å². The van der Waals surface area contributed by atoms with Crippen LogP contribution in [-0.2, 0) is 27.9 Å². The van der Waals surface area contributed by atoms with Crippen molar-refractivity contribution < 1.29 is 13.2 Å². The summed E-state index contributed by atoms with van der Waals surface area (Å²) in [7, 11) is -3.76. The van der Waals surface area contributed by atoms with Crippen molar-refractivity contribution in [1.82, 2.24) is 10.2 Å². The summed E-state index contributed by atoms with van der Waals surface area (Å²) >= 11 is 12.1. The number of carbonyl (C=O) groups excluding carboxylic acids is 1. The van der Waals surface area contributed by atoms with Gasteiger partial charge in [0.2, 0.25) is 15.9 Å². The quantitative estimate of drug-likeness (QED) is 0.555. The van der Waals surface area contributed by atoms with Gasteiger partial charge in [0, 0.05) is 23.1 Å². The molecule has 0 aromatic heterocycles. The fraction of sp³-hybridized carbons (Fsp3) is 0.435. The van der Waals surface area contributed by atoms with Crippen LogP contribution >= 0.6 is 23.2 Å². The first-order valence-electron chi connectivity index (χ1n) is 10.7. The Balaban J connectivity index is 1.69. The van der Waals surface area contributed by atoms with Crippen LogP contribution < -0.4 is 9.62 Å². The lowest BCUT2D eigenvalue weighted by Crippen LogP contribution is -2.49. The number of halogens is 2. The molecule has 0 saturated carbocycles. The van der Waals surface area contributed by atoms with Gasteiger partial charge in [-0.25, -0.2) is 8.42 Å². The first-order chi connectivity index (χ1) is 15.2. The Bertz CT molecular complexity index is 1020. The molecule has 1 amide bonds. The molecular weight excluding hydrogens is 469 g/mol. The van der Waals surface area contributed by atoms with E-state index in [4.69, 9.17) is 23.2 Å². The van der Waals surface area contributed by atoms with E-state index in [0.717, 1.165) is 35.8 Å². The lowest BCUT2D eigenvalue weighted by atomic mass is 10.1. The standard InChI is InChI=1S/C23H29Cl2N3O3S/c1-3-22(28(32(2,30)31)21-13-19(24)12-20(25)14-21)23(29)26-15-17-6-8-18(9-7-17)16-27-10-4-5-11-27/h6-9,12-14,22H,3-5,10-11,15-16H2,1-2H3,(H,26,29)/t22-/m0/s1. The average molecular weight is 498 g/mol. The number of likely N-dealkylation sites (tertiary alicyclic amines) is 1. The molecule has 1 aliphatic heterocycles. The highest BCUT2D eigenvalue weighted by molar-refractivity contribution is 7.92. The topological polar surface area (TPSA) is 69.7 Å². The lowest BCUT2D eigenvalue weighted by Gasteiger charge is -2.30. The Morgan fingerprint density at radius 3 is 2.16 bits per heavy atom. The zero-order valence-electron chi connectivity index (χ0n) is 18.4. The molecule has 1 heterocycles. The van der Waals surface area contributed by atoms with Crippen LogP contribution in [0.3, 0.4) is 0 Å². The maximum Gasteiger partial charge on any atom is 0.244 e. The van der Waals surface area contributed by atoms with E-state index in [1.807, 2.05) is 12.1 Å². The van der Waals surface area contributed by atoms with Crippen molar-refractivity contribution in [2.75, 3.05) is 23.7 Å². The molecule has 32 heavy (non-hydrogen) atoms. The summed E-state index contributed by atoms with van der Waals surface area (Å²) in [5, 5.41) is 3.47. The van der Waals surface area contributed by atoms with Crippen molar-refractivity contribution in [3.05, 3.63) is 63.6 Å². The molecular formula is C23H29Cl2N3O3S. The molecule has 0 radical (unpaired) electrons. The molecule has 3 rings (SSSR count). The number of benzene rings is 2. The van der Waals surface area contributed by atoms with Gasteiger partial charge >= 0.3 is 0 Å². The van der Waals surface area contributed by atoms with E-state index < -0.39 is 16.1 Å². The maximum absolute atomic E-state index is 13.0. The minimum absolute atomic E-state index is 0.262. The SMILES string of the molecule is CC[C@@H](C(=O)NCc1ccc(CN2CCCC2)cc1)N(c1cc(Cl)cc(Cl)c1)S(C)(=O)=O. The predicted molar refractivity (Wildman–Crippen MR) is 131 cm³/mol. The molecule has 0 unspecified atom stereocenters. The first-order valence-corrected chi connectivity index (χ1v) is 13.3. The third-order valence-corrected chi connectivity index (χ3v) is 7.14. The first kappa shape index (κ1) is 24.8. The van der Waals surface area contributed by atoms with Crippen LogP contribution in [-0.4, -0.2) is 44.6 Å². The van der Waals surface area contributed by atoms with Gasteiger partial charge in [-0.05, 0) is 61.7 Å². The Labute approximate surface area is 200 Å². The molecule has 1 atom stereocenters. The van der Waals surface area contributed by atoms with E-state index in [2.05, 4.69) is 22.3 Å². The second kappa shape index (κ2) is 10.9. The van der Waals surface area contributed by atoms with Gasteiger partial charge in [-0.1, -0.05) is 54.4 Å². The minimum atomic E-state index is -3.76. The molecule has 1 saturated heterocycles. The number of rotatable bonds is 9. The van der Waals surface area contributed by atoms with Crippen LogP contribution in [0, 0.1) is 0 Å². The van der Waals surface area contributed by atoms with Gasteiger partial charge in [-0.15, -0.1) is 0 Å². The zero-order valence-corrected chi connectivity index (χ0v) is 20.7. The molecule has 9 heteroatoms. The largest absolute Gasteiger partial charge is 0.350 e. The Hall–Kier alpha value is -1.80. The Morgan fingerprint density at radius 2 is 1.62 bits per heavy atom. The highest BCUT2D eigenvalue weighted by Gasteiger charge is 2.31. The van der Waals surface area contributed by atoms with Crippen molar-refractivity contribution in [2.24, 2.45) is 0 Å². The second-order valence-corrected chi connectivity index (χ2v) is 10.9. The van der Waals surface area contributed by atoms with Gasteiger partial charge in [-0.3, -0.25) is 14.0 Å². The predicted octanol–water partition coefficient (Wildman–Crippen LogP) is 4.45. The van der Waals surface area contributed by atoms with Crippen molar-refractivity contribution in [2.45, 2.75) is 45.3 Å². The average Bonchev–Trinajstić information content (AvgIpc) is 3.22. The summed E-state index contributed by atoms with van der Waals surface area (Å²) in [6.07, 6.45) is 3.87. The number of nitrogens with one attached hydrogen (secondary N) is 1. The van der Waals surface area contributed by atoms with Gasteiger partial charge in [0.15, 0.2) is 0 Å². The van der Waals surface area contributed by atoms with E-state index in [1.165, 1.54) is 36.6 Å². The number of carbonyl (C=O) groups is 1. The smallest absolute Gasteiger partial charge is 0.244 e. The number of sulfonamides is 1. The number of hydrogen-bond donors (Lipinski definition) is 1. The van der Waals surface area contributed by atoms with Crippen molar-refractivity contribution >= 4 is 44.8 Å². The van der Waals surface area contributed by atoms with Gasteiger partial charge in [0.25, 0.3) is 0 Å². The van der Waals surface area contributed by atoms with E-state index in [0.29, 0.717) is 16.6 Å². The molecule has 1 aliphatic rings. The van der Waals surface area contributed by atoms with E-state index in [9.17, 15) is 13.2 Å². The van der Waals surface area contributed by atoms with Gasteiger partial charge < -0.3 is 5.32 Å². The van der Waals surface area contributed by atoms with Gasteiger partial charge in [0.1, 0.15) is 6.04 Å². The summed E-state index contributed by atoms with van der Waals surface area (Å²) in [6, 6.07) is 11.7. The fourth-order valence-electron chi connectivity index (χ4n) is 4.00. The van der Waals surface area contributed by atoms with Crippen molar-refractivity contribution in [3.63, 3.8) is 0 Å². The van der Waals surface area contributed by atoms with Crippen LogP contribution in [0.25, 0.3) is 0 Å². The van der Waals surface area contributed by atoms with Gasteiger partial charge in [-0.2, -0.15) is 0 Å². The summed E-state index contributed by atoms with van der Waals surface area (Å²) in [5.41, 5.74) is 2.46. The molecule has 2 aromatic carbocycles. The van der Waals surface area contributed by atoms with Crippen LogP contribution in [0.4, 0.5) is 5.69 Å². The van der Waals surface area contributed by atoms with Crippen LogP contribution in [0.2, 0.25) is 10.0 Å². The number of nitrogens with zero attached hydrogens (tertiary/aromatic N) is 2. The number of amides is 1. The van der Waals surface area contributed by atoms with E-state index >= 15 is 0 Å². The summed E-state index contributed by atoms with van der Waals surface area (Å²) in [4.78, 5) is 15.4. The summed E-state index contributed by atoms with van der Waals surface area (Å²) < 4.78 is 26.2. The monoisotopic (exact) mass is 497 g/mol. The van der Waals surface area contributed by atoms with E-state index in [-0.39, 0.29) is 18.0 Å². The molecule has 1 N–H and O–H groups in total. The zero-order chi connectivity index (χ0) is 23.3. The summed E-state index contributed by atoms with van der Waals surface area (Å²) in [5.74, 6) is -0.379. The minimum Gasteiger partial charge on any atom is -0.350 e. The number of anilines is 1. The highest BCUT2D eigenvalue weighted by atomic mass is 35.5. The molecule has 2 aromatic rings. The molecule has 0 bridgehead atoms. The van der Waals surface area contributed by atoms with Crippen molar-refractivity contribution in [3.8, 4) is 0 Å². The molecule has 1 fully saturated rings. The normalized spacial score (nSPS) is 15.5. The van der Waals surface area contributed by atoms with Crippen LogP contribution in [0.5, 0.6) is 0 Å².